The second kappa shape index (κ2) is 1.71. The Hall–Kier alpha value is -0.0800. The zero-order valence-electron chi connectivity index (χ0n) is 4.89. The van der Waals surface area contributed by atoms with Crippen LogP contribution >= 0.6 is 0 Å². The zero-order chi connectivity index (χ0) is 5.40. The molecule has 2 nitrogen and oxygen atoms in total. The smallest absolute Gasteiger partial charge is 0.0703 e. The highest BCUT2D eigenvalue weighted by atomic mass is 16.5. The third-order valence-electron chi connectivity index (χ3n) is 1.97. The van der Waals surface area contributed by atoms with E-state index in [0.29, 0.717) is 6.10 Å². The van der Waals surface area contributed by atoms with Crippen molar-refractivity contribution in [2.75, 3.05) is 19.7 Å². The molecule has 0 saturated carbocycles. The van der Waals surface area contributed by atoms with Crippen molar-refractivity contribution in [2.24, 2.45) is 5.92 Å². The van der Waals surface area contributed by atoms with Crippen molar-refractivity contribution >= 4 is 0 Å². The van der Waals surface area contributed by atoms with E-state index < -0.39 is 0 Å². The second-order valence-corrected chi connectivity index (χ2v) is 2.72. The van der Waals surface area contributed by atoms with E-state index in [1.165, 1.54) is 13.0 Å². The molecule has 2 atom stereocenters. The summed E-state index contributed by atoms with van der Waals surface area (Å²) in [4.78, 5) is 0. The van der Waals surface area contributed by atoms with Crippen LogP contribution in [-0.2, 0) is 4.74 Å². The van der Waals surface area contributed by atoms with E-state index in [-0.39, 0.29) is 0 Å². The summed E-state index contributed by atoms with van der Waals surface area (Å²) in [5.74, 6) is 0.828. The molecule has 0 aromatic rings. The molecule has 0 unspecified atom stereocenters. The first-order valence-corrected chi connectivity index (χ1v) is 3.27. The summed E-state index contributed by atoms with van der Waals surface area (Å²) < 4.78 is 5.41. The van der Waals surface area contributed by atoms with Crippen LogP contribution < -0.4 is 5.32 Å². The summed E-state index contributed by atoms with van der Waals surface area (Å²) in [5, 5.41) is 3.32. The van der Waals surface area contributed by atoms with Crippen LogP contribution in [0.2, 0.25) is 0 Å². The third-order valence-corrected chi connectivity index (χ3v) is 1.97. The molecule has 8 heavy (non-hydrogen) atoms. The fourth-order valence-corrected chi connectivity index (χ4v) is 1.51. The average Bonchev–Trinajstić information content (AvgIpc) is 2.12. The molecule has 46 valence electrons. The van der Waals surface area contributed by atoms with Gasteiger partial charge in [0, 0.05) is 13.1 Å². The van der Waals surface area contributed by atoms with E-state index >= 15 is 0 Å². The number of hydrogen-bond donors (Lipinski definition) is 1. The molecule has 0 radical (unpaired) electrons. The minimum absolute atomic E-state index is 0.550. The predicted molar refractivity (Wildman–Crippen MR) is 30.7 cm³/mol. The van der Waals surface area contributed by atoms with Crippen molar-refractivity contribution < 1.29 is 4.74 Å². The molecule has 2 fully saturated rings. The summed E-state index contributed by atoms with van der Waals surface area (Å²) in [6, 6.07) is 0. The summed E-state index contributed by atoms with van der Waals surface area (Å²) in [6.07, 6.45) is 1.85. The first-order valence-electron chi connectivity index (χ1n) is 3.27. The molecule has 2 heteroatoms. The summed E-state index contributed by atoms with van der Waals surface area (Å²) in [6.45, 7) is 3.25. The zero-order valence-corrected chi connectivity index (χ0v) is 4.89. The summed E-state index contributed by atoms with van der Waals surface area (Å²) >= 11 is 0. The Balaban J connectivity index is 2.03. The van der Waals surface area contributed by atoms with Crippen LogP contribution in [0.1, 0.15) is 6.42 Å². The minimum atomic E-state index is 0.550. The lowest BCUT2D eigenvalue weighted by molar-refractivity contribution is 0.116. The topological polar surface area (TPSA) is 21.3 Å². The fraction of sp³-hybridized carbons (Fsp3) is 1.00. The highest BCUT2D eigenvalue weighted by Gasteiger charge is 2.28. The minimum Gasteiger partial charge on any atom is -0.377 e. The van der Waals surface area contributed by atoms with Gasteiger partial charge in [0.1, 0.15) is 0 Å². The number of fused-ring (bicyclic) bond motifs is 2. The molecule has 2 saturated heterocycles. The van der Waals surface area contributed by atoms with Crippen molar-refractivity contribution in [1.29, 1.82) is 0 Å². The molecule has 0 spiro atoms. The van der Waals surface area contributed by atoms with Gasteiger partial charge in [-0.05, 0) is 12.3 Å². The van der Waals surface area contributed by atoms with Crippen LogP contribution in [0, 0.1) is 5.92 Å². The van der Waals surface area contributed by atoms with Crippen molar-refractivity contribution in [2.45, 2.75) is 12.5 Å². The van der Waals surface area contributed by atoms with Crippen molar-refractivity contribution in [3.8, 4) is 0 Å². The Morgan fingerprint density at radius 2 is 2.38 bits per heavy atom. The molecular weight excluding hydrogens is 102 g/mol. The molecule has 2 heterocycles. The Labute approximate surface area is 49.2 Å². The molecule has 0 aromatic heterocycles. The van der Waals surface area contributed by atoms with Crippen LogP contribution in [-0.4, -0.2) is 25.8 Å². The van der Waals surface area contributed by atoms with Crippen molar-refractivity contribution in [3.05, 3.63) is 0 Å². The SMILES string of the molecule is C1NC[C@@H]2C[C@@H]1CO2. The Bertz CT molecular complexity index is 80.5. The van der Waals surface area contributed by atoms with Gasteiger partial charge in [-0.1, -0.05) is 0 Å². The van der Waals surface area contributed by atoms with Crippen LogP contribution in [0.25, 0.3) is 0 Å². The van der Waals surface area contributed by atoms with Gasteiger partial charge in [0.15, 0.2) is 0 Å². The van der Waals surface area contributed by atoms with Gasteiger partial charge in [0.2, 0.25) is 0 Å². The summed E-state index contributed by atoms with van der Waals surface area (Å²) in [5.41, 5.74) is 0. The highest BCUT2D eigenvalue weighted by Crippen LogP contribution is 2.21. The van der Waals surface area contributed by atoms with Crippen LogP contribution in [0.5, 0.6) is 0 Å². The van der Waals surface area contributed by atoms with E-state index in [2.05, 4.69) is 5.32 Å². The van der Waals surface area contributed by atoms with E-state index in [1.807, 2.05) is 0 Å². The van der Waals surface area contributed by atoms with Gasteiger partial charge in [0.05, 0.1) is 12.7 Å². The average molecular weight is 113 g/mol. The maximum Gasteiger partial charge on any atom is 0.0703 e. The number of ether oxygens (including phenoxy) is 1. The number of nitrogens with one attached hydrogen (secondary N) is 1. The molecule has 2 aliphatic rings. The summed E-state index contributed by atoms with van der Waals surface area (Å²) in [7, 11) is 0. The molecule has 1 N–H and O–H groups in total. The molecule has 2 bridgehead atoms. The normalized spacial score (nSPS) is 45.0. The second-order valence-electron chi connectivity index (χ2n) is 2.72. The van der Waals surface area contributed by atoms with Gasteiger partial charge in [-0.3, -0.25) is 0 Å². The van der Waals surface area contributed by atoms with Gasteiger partial charge < -0.3 is 10.1 Å². The van der Waals surface area contributed by atoms with E-state index in [0.717, 1.165) is 19.1 Å². The lowest BCUT2D eigenvalue weighted by atomic mass is 10.0. The Morgan fingerprint density at radius 3 is 3.12 bits per heavy atom. The number of rotatable bonds is 0. The van der Waals surface area contributed by atoms with E-state index in [4.69, 9.17) is 4.74 Å². The fourth-order valence-electron chi connectivity index (χ4n) is 1.51. The lowest BCUT2D eigenvalue weighted by Crippen LogP contribution is -2.34. The van der Waals surface area contributed by atoms with Gasteiger partial charge in [-0.15, -0.1) is 0 Å². The number of hydrogen-bond acceptors (Lipinski definition) is 2. The maximum atomic E-state index is 5.41. The van der Waals surface area contributed by atoms with Gasteiger partial charge >= 0.3 is 0 Å². The standard InChI is InChI=1S/C6H11NO/c1-5-2-7-3-6(1)8-4-5/h5-7H,1-4H2/t5-,6-/m0/s1. The first-order chi connectivity index (χ1) is 3.95. The Morgan fingerprint density at radius 1 is 1.38 bits per heavy atom. The van der Waals surface area contributed by atoms with Crippen LogP contribution in [0.3, 0.4) is 0 Å². The van der Waals surface area contributed by atoms with Gasteiger partial charge in [0.25, 0.3) is 0 Å². The number of piperidine rings is 1. The van der Waals surface area contributed by atoms with Crippen molar-refractivity contribution in [1.82, 2.24) is 5.32 Å². The van der Waals surface area contributed by atoms with Crippen LogP contribution in [0.4, 0.5) is 0 Å². The molecule has 0 amide bonds. The molecule has 0 aliphatic carbocycles. The molecular formula is C6H11NO. The van der Waals surface area contributed by atoms with Gasteiger partial charge in [-0.25, -0.2) is 0 Å². The third kappa shape index (κ3) is 0.644. The highest BCUT2D eigenvalue weighted by molar-refractivity contribution is 4.81. The molecule has 2 aliphatic heterocycles. The maximum absolute atomic E-state index is 5.41. The van der Waals surface area contributed by atoms with E-state index in [9.17, 15) is 0 Å². The first kappa shape index (κ1) is 4.77. The molecule has 0 aromatic carbocycles. The molecule has 2 rings (SSSR count). The van der Waals surface area contributed by atoms with E-state index in [1.54, 1.807) is 0 Å². The van der Waals surface area contributed by atoms with Crippen molar-refractivity contribution in [3.63, 3.8) is 0 Å². The predicted octanol–water partition coefficient (Wildman–Crippen LogP) is -0.00530. The van der Waals surface area contributed by atoms with Gasteiger partial charge in [-0.2, -0.15) is 0 Å². The lowest BCUT2D eigenvalue weighted by Gasteiger charge is -2.16. The monoisotopic (exact) mass is 113 g/mol. The quantitative estimate of drug-likeness (QED) is 0.477. The largest absolute Gasteiger partial charge is 0.377 e. The van der Waals surface area contributed by atoms with Crippen LogP contribution in [0.15, 0.2) is 0 Å². The Kier molecular flexibility index (Phi) is 1.02.